The second-order valence-corrected chi connectivity index (χ2v) is 8.59. The number of nitrogens with zero attached hydrogens (tertiary/aromatic N) is 3. The van der Waals surface area contributed by atoms with E-state index in [2.05, 4.69) is 20.4 Å². The van der Waals surface area contributed by atoms with Crippen molar-refractivity contribution in [1.82, 2.24) is 20.4 Å². The van der Waals surface area contributed by atoms with Gasteiger partial charge in [0.15, 0.2) is 0 Å². The fraction of sp³-hybridized carbons (Fsp3) is 0.571. The van der Waals surface area contributed by atoms with Gasteiger partial charge in [0.2, 0.25) is 17.6 Å². The Kier molecular flexibility index (Phi) is 8.50. The van der Waals surface area contributed by atoms with Gasteiger partial charge in [0.1, 0.15) is 0 Å². The maximum atomic E-state index is 12.3. The van der Waals surface area contributed by atoms with Gasteiger partial charge in [-0.3, -0.25) is 9.69 Å². The number of carbonyl (C=O) groups is 1. The molecule has 3 rings (SSSR count). The van der Waals surface area contributed by atoms with Crippen molar-refractivity contribution in [2.45, 2.75) is 45.8 Å². The fourth-order valence-electron chi connectivity index (χ4n) is 3.39. The molecule has 0 unspecified atom stereocenters. The first-order valence-corrected chi connectivity index (χ1v) is 11.1. The zero-order chi connectivity index (χ0) is 21.5. The number of likely N-dealkylation sites (tertiary alicyclic amines) is 1. The second-order valence-electron chi connectivity index (χ2n) is 7.75. The van der Waals surface area contributed by atoms with E-state index >= 15 is 0 Å². The molecular weight excluding hydrogens is 427 g/mol. The number of ether oxygens (including phenoxy) is 1. The van der Waals surface area contributed by atoms with E-state index in [1.165, 1.54) is 0 Å². The lowest BCUT2D eigenvalue weighted by molar-refractivity contribution is -0.126. The van der Waals surface area contributed by atoms with Gasteiger partial charge in [0, 0.05) is 29.7 Å². The maximum Gasteiger partial charge on any atom is 0.241 e. The summed E-state index contributed by atoms with van der Waals surface area (Å²) in [6.07, 6.45) is 2.69. The Hall–Kier alpha value is -1.67. The van der Waals surface area contributed by atoms with Crippen LogP contribution < -0.4 is 5.32 Å². The van der Waals surface area contributed by atoms with Gasteiger partial charge < -0.3 is 14.6 Å². The lowest BCUT2D eigenvalue weighted by Gasteiger charge is -2.30. The average molecular weight is 455 g/mol. The SMILES string of the molecule is CC(C)OCCCNC(=O)C1CCN(Cc2nc(-c3ccc(Cl)cc3Cl)no2)CC1. The summed E-state index contributed by atoms with van der Waals surface area (Å²) in [4.78, 5) is 19.0. The summed E-state index contributed by atoms with van der Waals surface area (Å²) >= 11 is 12.2. The zero-order valence-electron chi connectivity index (χ0n) is 17.4. The van der Waals surface area contributed by atoms with Crippen LogP contribution in [0.3, 0.4) is 0 Å². The molecule has 1 amide bonds. The fourth-order valence-corrected chi connectivity index (χ4v) is 3.88. The van der Waals surface area contributed by atoms with E-state index in [4.69, 9.17) is 32.5 Å². The van der Waals surface area contributed by atoms with Crippen molar-refractivity contribution in [2.24, 2.45) is 5.92 Å². The molecule has 0 radical (unpaired) electrons. The second kappa shape index (κ2) is 11.1. The number of amides is 1. The normalized spacial score (nSPS) is 15.6. The monoisotopic (exact) mass is 454 g/mol. The van der Waals surface area contributed by atoms with Crippen LogP contribution in [-0.4, -0.2) is 53.3 Å². The molecule has 0 atom stereocenters. The highest BCUT2D eigenvalue weighted by Gasteiger charge is 2.26. The molecule has 1 aliphatic heterocycles. The van der Waals surface area contributed by atoms with Crippen molar-refractivity contribution in [2.75, 3.05) is 26.2 Å². The van der Waals surface area contributed by atoms with Gasteiger partial charge >= 0.3 is 0 Å². The minimum atomic E-state index is 0.0541. The van der Waals surface area contributed by atoms with E-state index in [-0.39, 0.29) is 17.9 Å². The number of nitrogens with one attached hydrogen (secondary N) is 1. The third kappa shape index (κ3) is 6.67. The Balaban J connectivity index is 1.42. The molecule has 164 valence electrons. The first-order chi connectivity index (χ1) is 14.4. The molecule has 0 aliphatic carbocycles. The van der Waals surface area contributed by atoms with Crippen molar-refractivity contribution >= 4 is 29.1 Å². The third-order valence-electron chi connectivity index (χ3n) is 5.03. The van der Waals surface area contributed by atoms with Crippen molar-refractivity contribution in [3.8, 4) is 11.4 Å². The van der Waals surface area contributed by atoms with Gasteiger partial charge in [0.05, 0.1) is 17.7 Å². The number of rotatable bonds is 9. The quantitative estimate of drug-likeness (QED) is 0.572. The average Bonchev–Trinajstić information content (AvgIpc) is 3.16. The molecule has 1 N–H and O–H groups in total. The summed E-state index contributed by atoms with van der Waals surface area (Å²) in [7, 11) is 0. The molecule has 9 heteroatoms. The van der Waals surface area contributed by atoms with E-state index < -0.39 is 0 Å². The van der Waals surface area contributed by atoms with Gasteiger partial charge in [-0.25, -0.2) is 0 Å². The highest BCUT2D eigenvalue weighted by molar-refractivity contribution is 6.36. The van der Waals surface area contributed by atoms with E-state index in [1.807, 2.05) is 13.8 Å². The maximum absolute atomic E-state index is 12.3. The molecule has 1 fully saturated rings. The van der Waals surface area contributed by atoms with Crippen molar-refractivity contribution in [3.63, 3.8) is 0 Å². The molecule has 30 heavy (non-hydrogen) atoms. The molecular formula is C21H28Cl2N4O3. The number of halogens is 2. The number of hydrogen-bond acceptors (Lipinski definition) is 6. The highest BCUT2D eigenvalue weighted by Crippen LogP contribution is 2.28. The summed E-state index contributed by atoms with van der Waals surface area (Å²) in [6.45, 7) is 7.52. The summed E-state index contributed by atoms with van der Waals surface area (Å²) in [5.74, 6) is 1.17. The van der Waals surface area contributed by atoms with Crippen molar-refractivity contribution in [3.05, 3.63) is 34.1 Å². The molecule has 2 aromatic rings. The minimum Gasteiger partial charge on any atom is -0.379 e. The Morgan fingerprint density at radius 3 is 2.80 bits per heavy atom. The lowest BCUT2D eigenvalue weighted by atomic mass is 9.96. The smallest absolute Gasteiger partial charge is 0.241 e. The standard InChI is InChI=1S/C21H28Cl2N4O3/c1-14(2)29-11-3-8-24-21(28)15-6-9-27(10-7-15)13-19-25-20(26-30-19)17-5-4-16(22)12-18(17)23/h4-5,12,14-15H,3,6-11,13H2,1-2H3,(H,24,28). The van der Waals surface area contributed by atoms with E-state index in [0.29, 0.717) is 47.0 Å². The molecule has 1 saturated heterocycles. The molecule has 1 aromatic carbocycles. The molecule has 0 bridgehead atoms. The Morgan fingerprint density at radius 2 is 2.10 bits per heavy atom. The van der Waals surface area contributed by atoms with E-state index in [1.54, 1.807) is 18.2 Å². The predicted octanol–water partition coefficient (Wildman–Crippen LogP) is 4.19. The largest absolute Gasteiger partial charge is 0.379 e. The van der Waals surface area contributed by atoms with Gasteiger partial charge in [-0.2, -0.15) is 4.98 Å². The molecule has 1 aliphatic rings. The number of piperidine rings is 1. The van der Waals surface area contributed by atoms with Gasteiger partial charge in [-0.15, -0.1) is 0 Å². The predicted molar refractivity (Wildman–Crippen MR) is 116 cm³/mol. The van der Waals surface area contributed by atoms with Crippen LogP contribution in [-0.2, 0) is 16.1 Å². The molecule has 7 nitrogen and oxygen atoms in total. The Labute approximate surface area is 187 Å². The van der Waals surface area contributed by atoms with E-state index in [9.17, 15) is 4.79 Å². The molecule has 0 spiro atoms. The summed E-state index contributed by atoms with van der Waals surface area (Å²) < 4.78 is 10.9. The summed E-state index contributed by atoms with van der Waals surface area (Å²) in [5.41, 5.74) is 0.685. The van der Waals surface area contributed by atoms with Crippen LogP contribution in [0.15, 0.2) is 22.7 Å². The van der Waals surface area contributed by atoms with Crippen LogP contribution in [0.25, 0.3) is 11.4 Å². The van der Waals surface area contributed by atoms with Gasteiger partial charge in [-0.05, 0) is 64.4 Å². The van der Waals surface area contributed by atoms with Crippen LogP contribution >= 0.6 is 23.2 Å². The van der Waals surface area contributed by atoms with E-state index in [0.717, 1.165) is 32.4 Å². The van der Waals surface area contributed by atoms with Crippen molar-refractivity contribution in [1.29, 1.82) is 0 Å². The Morgan fingerprint density at radius 1 is 1.33 bits per heavy atom. The Bertz CT molecular complexity index is 835. The minimum absolute atomic E-state index is 0.0541. The first kappa shape index (κ1) is 23.0. The van der Waals surface area contributed by atoms with Crippen LogP contribution in [0, 0.1) is 5.92 Å². The van der Waals surface area contributed by atoms with Crippen LogP contribution in [0.1, 0.15) is 39.0 Å². The van der Waals surface area contributed by atoms with Crippen LogP contribution in [0.5, 0.6) is 0 Å². The molecule has 1 aromatic heterocycles. The molecule has 2 heterocycles. The first-order valence-electron chi connectivity index (χ1n) is 10.3. The number of benzene rings is 1. The summed E-state index contributed by atoms with van der Waals surface area (Å²) in [6, 6.07) is 5.17. The lowest BCUT2D eigenvalue weighted by Crippen LogP contribution is -2.40. The highest BCUT2D eigenvalue weighted by atomic mass is 35.5. The zero-order valence-corrected chi connectivity index (χ0v) is 18.9. The third-order valence-corrected chi connectivity index (χ3v) is 5.58. The van der Waals surface area contributed by atoms with Gasteiger partial charge in [-0.1, -0.05) is 28.4 Å². The topological polar surface area (TPSA) is 80.5 Å². The van der Waals surface area contributed by atoms with Crippen molar-refractivity contribution < 1.29 is 14.1 Å². The number of aromatic nitrogens is 2. The number of hydrogen-bond donors (Lipinski definition) is 1. The number of carbonyl (C=O) groups excluding carboxylic acids is 1. The van der Waals surface area contributed by atoms with Gasteiger partial charge in [0.25, 0.3) is 0 Å². The van der Waals surface area contributed by atoms with Crippen LogP contribution in [0.2, 0.25) is 10.0 Å². The molecule has 0 saturated carbocycles. The summed E-state index contributed by atoms with van der Waals surface area (Å²) in [5, 5.41) is 8.09. The van der Waals surface area contributed by atoms with Crippen LogP contribution in [0.4, 0.5) is 0 Å².